The highest BCUT2D eigenvalue weighted by Crippen LogP contribution is 2.31. The Bertz CT molecular complexity index is 995. The highest BCUT2D eigenvalue weighted by Gasteiger charge is 2.50. The topological polar surface area (TPSA) is 95.9 Å². The first-order valence-corrected chi connectivity index (χ1v) is 9.13. The number of aliphatic hydroxyl groups excluding tert-OH is 1. The number of β-amino-alcohol motifs (C(OH)–C–C–N with tert-alkyl or cyclic N) is 1. The molecule has 1 heterocycles. The number of urea groups is 1. The summed E-state index contributed by atoms with van der Waals surface area (Å²) in [6.07, 6.45) is -1.23. The Kier molecular flexibility index (Phi) is 5.84. The number of carbonyl (C=O) groups excluding carboxylic acids is 3. The van der Waals surface area contributed by atoms with Crippen LogP contribution < -0.4 is 10.1 Å². The number of rotatable bonds is 7. The zero-order chi connectivity index (χ0) is 22.1. The molecular formula is C21H20F2N2O5. The van der Waals surface area contributed by atoms with Crippen molar-refractivity contribution in [3.8, 4) is 5.75 Å². The highest BCUT2D eigenvalue weighted by molar-refractivity contribution is 6.07. The Morgan fingerprint density at radius 3 is 2.50 bits per heavy atom. The first-order valence-electron chi connectivity index (χ1n) is 9.13. The van der Waals surface area contributed by atoms with Crippen molar-refractivity contribution in [2.45, 2.75) is 25.5 Å². The van der Waals surface area contributed by atoms with Crippen LogP contribution in [-0.2, 0) is 10.3 Å². The molecule has 3 rings (SSSR count). The lowest BCUT2D eigenvalue weighted by molar-refractivity contribution is -0.132. The van der Waals surface area contributed by atoms with Crippen molar-refractivity contribution >= 4 is 17.7 Å². The molecule has 1 fully saturated rings. The number of hydrogen-bond donors (Lipinski definition) is 2. The predicted molar refractivity (Wildman–Crippen MR) is 102 cm³/mol. The summed E-state index contributed by atoms with van der Waals surface area (Å²) in [6.45, 7) is 2.07. The molecule has 0 aliphatic carbocycles. The number of Topliss-reactive ketones (excluding diaryl/α,β-unsaturated/α-hetero) is 1. The van der Waals surface area contributed by atoms with Crippen LogP contribution >= 0.6 is 0 Å². The quantitative estimate of drug-likeness (QED) is 0.532. The molecule has 30 heavy (non-hydrogen) atoms. The van der Waals surface area contributed by atoms with Gasteiger partial charge in [-0.1, -0.05) is 0 Å². The van der Waals surface area contributed by atoms with E-state index in [9.17, 15) is 28.3 Å². The Morgan fingerprint density at radius 1 is 1.20 bits per heavy atom. The van der Waals surface area contributed by atoms with E-state index in [0.29, 0.717) is 11.3 Å². The van der Waals surface area contributed by atoms with Crippen molar-refractivity contribution in [1.82, 2.24) is 10.2 Å². The zero-order valence-corrected chi connectivity index (χ0v) is 16.3. The molecule has 1 aliphatic heterocycles. The Balaban J connectivity index is 1.66. The molecule has 3 amide bonds. The van der Waals surface area contributed by atoms with Crippen LogP contribution in [0.4, 0.5) is 13.6 Å². The Labute approximate surface area is 171 Å². The number of aliphatic hydroxyl groups is 1. The summed E-state index contributed by atoms with van der Waals surface area (Å²) in [5.41, 5.74) is -1.60. The van der Waals surface area contributed by atoms with Gasteiger partial charge in [-0.05, 0) is 56.3 Å². The van der Waals surface area contributed by atoms with E-state index in [4.69, 9.17) is 4.74 Å². The van der Waals surface area contributed by atoms with E-state index < -0.39 is 41.8 Å². The molecule has 9 heteroatoms. The monoisotopic (exact) mass is 418 g/mol. The third kappa shape index (κ3) is 4.16. The van der Waals surface area contributed by atoms with Gasteiger partial charge in [0.2, 0.25) is 0 Å². The molecule has 0 radical (unpaired) electrons. The summed E-state index contributed by atoms with van der Waals surface area (Å²) in [4.78, 5) is 37.1. The van der Waals surface area contributed by atoms with E-state index in [0.717, 1.165) is 23.1 Å². The molecule has 1 aliphatic rings. The number of nitrogens with zero attached hydrogens (tertiary/aromatic N) is 1. The van der Waals surface area contributed by atoms with Crippen molar-refractivity contribution in [3.63, 3.8) is 0 Å². The molecule has 1 saturated heterocycles. The minimum Gasteiger partial charge on any atom is -0.491 e. The highest BCUT2D eigenvalue weighted by atomic mass is 19.1. The summed E-state index contributed by atoms with van der Waals surface area (Å²) >= 11 is 0. The van der Waals surface area contributed by atoms with Gasteiger partial charge in [-0.15, -0.1) is 0 Å². The smallest absolute Gasteiger partial charge is 0.325 e. The second-order valence-corrected chi connectivity index (χ2v) is 7.14. The number of nitrogens with one attached hydrogen (secondary N) is 1. The molecule has 0 aromatic heterocycles. The number of ether oxygens (including phenoxy) is 1. The van der Waals surface area contributed by atoms with Crippen molar-refractivity contribution in [3.05, 3.63) is 65.2 Å². The number of hydrogen-bond acceptors (Lipinski definition) is 5. The minimum atomic E-state index is -1.80. The summed E-state index contributed by atoms with van der Waals surface area (Å²) < 4.78 is 33.1. The lowest BCUT2D eigenvalue weighted by atomic mass is 9.91. The second-order valence-electron chi connectivity index (χ2n) is 7.14. The molecule has 0 saturated carbocycles. The van der Waals surface area contributed by atoms with E-state index >= 15 is 0 Å². The van der Waals surface area contributed by atoms with Gasteiger partial charge in [0.1, 0.15) is 35.6 Å². The van der Waals surface area contributed by atoms with Crippen LogP contribution in [0.5, 0.6) is 5.75 Å². The van der Waals surface area contributed by atoms with Crippen molar-refractivity contribution in [2.75, 3.05) is 13.2 Å². The van der Waals surface area contributed by atoms with Crippen molar-refractivity contribution in [1.29, 1.82) is 0 Å². The Morgan fingerprint density at radius 2 is 1.87 bits per heavy atom. The number of carbonyl (C=O) groups is 3. The van der Waals surface area contributed by atoms with Gasteiger partial charge < -0.3 is 15.2 Å². The summed E-state index contributed by atoms with van der Waals surface area (Å²) in [6, 6.07) is 8.05. The summed E-state index contributed by atoms with van der Waals surface area (Å²) in [5.74, 6) is -2.12. The van der Waals surface area contributed by atoms with E-state index in [-0.39, 0.29) is 18.0 Å². The maximum absolute atomic E-state index is 14.2. The van der Waals surface area contributed by atoms with Crippen LogP contribution in [0, 0.1) is 11.6 Å². The SMILES string of the molecule is CC(=O)c1ccc(OC[C@@H](O)CN2C(=O)N[C@](C)(c3cc(F)ccc3F)C2=O)cc1. The third-order valence-corrected chi connectivity index (χ3v) is 4.84. The van der Waals surface area contributed by atoms with Gasteiger partial charge in [-0.2, -0.15) is 0 Å². The fourth-order valence-corrected chi connectivity index (χ4v) is 3.17. The third-order valence-electron chi connectivity index (χ3n) is 4.84. The van der Waals surface area contributed by atoms with Gasteiger partial charge in [0.05, 0.1) is 6.54 Å². The van der Waals surface area contributed by atoms with E-state index in [1.807, 2.05) is 0 Å². The van der Waals surface area contributed by atoms with Crippen molar-refractivity contribution in [2.24, 2.45) is 0 Å². The lowest BCUT2D eigenvalue weighted by Crippen LogP contribution is -2.43. The molecule has 2 atom stereocenters. The van der Waals surface area contributed by atoms with Crippen LogP contribution in [0.15, 0.2) is 42.5 Å². The van der Waals surface area contributed by atoms with Crippen LogP contribution in [0.2, 0.25) is 0 Å². The maximum atomic E-state index is 14.2. The molecule has 0 unspecified atom stereocenters. The van der Waals surface area contributed by atoms with Gasteiger partial charge >= 0.3 is 6.03 Å². The molecular weight excluding hydrogens is 398 g/mol. The standard InChI is InChI=1S/C21H20F2N2O5/c1-12(26)13-3-6-16(7-4-13)30-11-15(27)10-25-19(28)21(2,24-20(25)29)17-9-14(22)5-8-18(17)23/h3-9,15,27H,10-11H2,1-2H3,(H,24,29)/t15-,21+/m0/s1. The normalized spacial score (nSPS) is 19.6. The lowest BCUT2D eigenvalue weighted by Gasteiger charge is -2.23. The van der Waals surface area contributed by atoms with E-state index in [1.54, 1.807) is 24.3 Å². The molecule has 2 N–H and O–H groups in total. The van der Waals surface area contributed by atoms with Gasteiger partial charge in [0.15, 0.2) is 5.78 Å². The zero-order valence-electron chi connectivity index (χ0n) is 16.3. The van der Waals surface area contributed by atoms with Crippen LogP contribution in [0.1, 0.15) is 29.8 Å². The molecule has 7 nitrogen and oxygen atoms in total. The van der Waals surface area contributed by atoms with Crippen LogP contribution in [-0.4, -0.2) is 47.0 Å². The molecule has 158 valence electrons. The van der Waals surface area contributed by atoms with Crippen LogP contribution in [0.25, 0.3) is 0 Å². The first kappa shape index (κ1) is 21.4. The number of halogens is 2. The van der Waals surface area contributed by atoms with Crippen molar-refractivity contribution < 1.29 is 33.0 Å². The molecule has 2 aromatic carbocycles. The summed E-state index contributed by atoms with van der Waals surface area (Å²) in [5, 5.41) is 12.6. The number of benzene rings is 2. The molecule has 0 bridgehead atoms. The molecule has 2 aromatic rings. The van der Waals surface area contributed by atoms with Gasteiger partial charge in [0.25, 0.3) is 5.91 Å². The largest absolute Gasteiger partial charge is 0.491 e. The maximum Gasteiger partial charge on any atom is 0.325 e. The van der Waals surface area contributed by atoms with E-state index in [2.05, 4.69) is 5.32 Å². The van der Waals surface area contributed by atoms with Gasteiger partial charge in [-0.25, -0.2) is 13.6 Å². The second kappa shape index (κ2) is 8.19. The number of ketones is 1. The van der Waals surface area contributed by atoms with E-state index in [1.165, 1.54) is 13.8 Å². The van der Waals surface area contributed by atoms with Gasteiger partial charge in [0, 0.05) is 11.1 Å². The van der Waals surface area contributed by atoms with Gasteiger partial charge in [-0.3, -0.25) is 14.5 Å². The summed E-state index contributed by atoms with van der Waals surface area (Å²) in [7, 11) is 0. The number of imide groups is 1. The minimum absolute atomic E-state index is 0.0991. The fourth-order valence-electron chi connectivity index (χ4n) is 3.17. The first-order chi connectivity index (χ1) is 14.1. The predicted octanol–water partition coefficient (Wildman–Crippen LogP) is 2.37. The van der Waals surface area contributed by atoms with Crippen LogP contribution in [0.3, 0.4) is 0 Å². The number of amides is 3. The average molecular weight is 418 g/mol. The average Bonchev–Trinajstić information content (AvgIpc) is 2.92. The molecule has 0 spiro atoms. The Hall–Kier alpha value is -3.33. The fraction of sp³-hybridized carbons (Fsp3) is 0.286.